The lowest BCUT2D eigenvalue weighted by molar-refractivity contribution is -0.137. The molecule has 0 aromatic carbocycles. The van der Waals surface area contributed by atoms with E-state index in [1.807, 2.05) is 0 Å². The molecular weight excluding hydrogens is 248 g/mol. The van der Waals surface area contributed by atoms with Crippen LogP contribution in [0.4, 0.5) is 4.79 Å². The Morgan fingerprint density at radius 2 is 2.00 bits per heavy atom. The largest absolute Gasteiger partial charge is 0.444 e. The van der Waals surface area contributed by atoms with Crippen LogP contribution in [0.2, 0.25) is 0 Å². The van der Waals surface area contributed by atoms with Crippen molar-refractivity contribution in [2.45, 2.75) is 58.0 Å². The van der Waals surface area contributed by atoms with Gasteiger partial charge in [-0.05, 0) is 33.1 Å². The Morgan fingerprint density at radius 3 is 2.47 bits per heavy atom. The summed E-state index contributed by atoms with van der Waals surface area (Å²) in [5.41, 5.74) is 4.02. The molecule has 108 valence electrons. The minimum Gasteiger partial charge on any atom is -0.444 e. The average molecular weight is 276 g/mol. The third-order valence-corrected chi connectivity index (χ3v) is 2.21. The lowest BCUT2D eigenvalue weighted by Gasteiger charge is -2.29. The predicted molar refractivity (Wildman–Crippen MR) is 69.3 cm³/mol. The van der Waals surface area contributed by atoms with Gasteiger partial charge in [-0.15, -0.1) is 0 Å². The second-order valence-corrected chi connectivity index (χ2v) is 5.13. The fraction of sp³-hybridized carbons (Fsp3) is 0.769. The molecule has 0 saturated heterocycles. The Bertz CT molecular complexity index is 570. The second kappa shape index (κ2) is 6.04. The summed E-state index contributed by atoms with van der Waals surface area (Å²) in [5.74, 6) is -4.20. The molecule has 1 rings (SSSR count). The number of ether oxygens (including phenoxy) is 1. The van der Waals surface area contributed by atoms with Crippen molar-refractivity contribution >= 4 is 17.8 Å². The standard InChI is InChI=1S/C13H22N2O4/c1-13(2,3)19-12(18)15-9(10(16)11(14)17)7-8-5-4-6-8/h8-9H,4-7H2,1-3H3,(H2,14,17)(H,15,18)/i4D2,5D2,6D2. The number of amides is 2. The first-order chi connectivity index (χ1) is 10.9. The van der Waals surface area contributed by atoms with E-state index < -0.39 is 60.9 Å². The topological polar surface area (TPSA) is 98.5 Å². The van der Waals surface area contributed by atoms with E-state index in [0.29, 0.717) is 0 Å². The van der Waals surface area contributed by atoms with Crippen molar-refractivity contribution < 1.29 is 27.3 Å². The van der Waals surface area contributed by atoms with Crippen molar-refractivity contribution in [3.05, 3.63) is 0 Å². The molecule has 0 radical (unpaired) electrons. The number of nitrogens with two attached hydrogens (primary N) is 1. The van der Waals surface area contributed by atoms with Crippen molar-refractivity contribution in [3.8, 4) is 0 Å². The van der Waals surface area contributed by atoms with Gasteiger partial charge in [-0.25, -0.2) is 4.79 Å². The van der Waals surface area contributed by atoms with Gasteiger partial charge in [-0.3, -0.25) is 9.59 Å². The maximum Gasteiger partial charge on any atom is 0.408 e. The molecule has 0 spiro atoms. The number of hydrogen-bond acceptors (Lipinski definition) is 4. The Morgan fingerprint density at radius 1 is 1.42 bits per heavy atom. The molecule has 1 atom stereocenters. The highest BCUT2D eigenvalue weighted by Gasteiger charge is 2.31. The van der Waals surface area contributed by atoms with Gasteiger partial charge >= 0.3 is 6.09 Å². The summed E-state index contributed by atoms with van der Waals surface area (Å²) in [5, 5.41) is 2.09. The third kappa shape index (κ3) is 5.28. The van der Waals surface area contributed by atoms with E-state index in [4.69, 9.17) is 18.7 Å². The van der Waals surface area contributed by atoms with Gasteiger partial charge in [0.15, 0.2) is 0 Å². The predicted octanol–water partition coefficient (Wildman–Crippen LogP) is 1.12. The Labute approximate surface area is 121 Å². The van der Waals surface area contributed by atoms with E-state index in [0.717, 1.165) is 0 Å². The van der Waals surface area contributed by atoms with E-state index >= 15 is 0 Å². The van der Waals surface area contributed by atoms with Gasteiger partial charge in [0.05, 0.1) is 0 Å². The molecular formula is C13H22N2O4. The monoisotopic (exact) mass is 276 g/mol. The summed E-state index contributed by atoms with van der Waals surface area (Å²) in [6.45, 7) is 4.69. The van der Waals surface area contributed by atoms with Crippen molar-refractivity contribution in [3.63, 3.8) is 0 Å². The number of ketones is 1. The lowest BCUT2D eigenvalue weighted by atomic mass is 9.80. The lowest BCUT2D eigenvalue weighted by Crippen LogP contribution is -2.48. The maximum absolute atomic E-state index is 11.9. The zero-order valence-corrected chi connectivity index (χ0v) is 11.1. The van der Waals surface area contributed by atoms with Crippen LogP contribution in [-0.2, 0) is 14.3 Å². The maximum atomic E-state index is 11.9. The minimum atomic E-state index is -2.78. The van der Waals surface area contributed by atoms with Crippen LogP contribution in [0.3, 0.4) is 0 Å². The Balaban J connectivity index is 3.02. The Kier molecular flexibility index (Phi) is 2.72. The van der Waals surface area contributed by atoms with Crippen LogP contribution in [0.1, 0.15) is 54.5 Å². The van der Waals surface area contributed by atoms with Gasteiger partial charge in [-0.2, -0.15) is 0 Å². The molecule has 1 unspecified atom stereocenters. The van der Waals surface area contributed by atoms with E-state index in [2.05, 4.69) is 5.32 Å². The molecule has 1 aliphatic rings. The molecule has 1 fully saturated rings. The number of alkyl carbamates (subject to hydrolysis) is 1. The smallest absolute Gasteiger partial charge is 0.408 e. The molecule has 0 aromatic rings. The van der Waals surface area contributed by atoms with Gasteiger partial charge in [0.1, 0.15) is 11.6 Å². The summed E-state index contributed by atoms with van der Waals surface area (Å²) < 4.78 is 50.9. The van der Waals surface area contributed by atoms with Crippen LogP contribution in [0, 0.1) is 5.92 Å². The molecule has 0 aliphatic heterocycles. The van der Waals surface area contributed by atoms with Crippen molar-refractivity contribution in [2.75, 3.05) is 0 Å². The molecule has 3 N–H and O–H groups in total. The van der Waals surface area contributed by atoms with E-state index in [1.165, 1.54) is 0 Å². The fourth-order valence-electron chi connectivity index (χ4n) is 1.38. The minimum absolute atomic E-state index is 0.638. The van der Waals surface area contributed by atoms with Crippen molar-refractivity contribution in [1.82, 2.24) is 5.32 Å². The molecule has 2 amide bonds. The van der Waals surface area contributed by atoms with E-state index in [9.17, 15) is 14.4 Å². The van der Waals surface area contributed by atoms with Gasteiger partial charge in [0.2, 0.25) is 5.78 Å². The molecule has 1 saturated carbocycles. The van der Waals surface area contributed by atoms with Crippen LogP contribution >= 0.6 is 0 Å². The van der Waals surface area contributed by atoms with Crippen LogP contribution in [0.5, 0.6) is 0 Å². The number of hydrogen-bond donors (Lipinski definition) is 2. The Hall–Kier alpha value is -1.59. The zero-order valence-electron chi connectivity index (χ0n) is 17.1. The SMILES string of the molecule is [2H]C1([2H])C(CC(NC(=O)OC(C)(C)C)C(=O)C(N)=O)C([2H])([2H])C1([2H])[2H]. The second-order valence-electron chi connectivity index (χ2n) is 5.13. The molecule has 6 nitrogen and oxygen atoms in total. The summed E-state index contributed by atoms with van der Waals surface area (Å²) in [4.78, 5) is 34.9. The number of nitrogens with one attached hydrogen (secondary N) is 1. The summed E-state index contributed by atoms with van der Waals surface area (Å²) in [6.07, 6.45) is -9.67. The quantitative estimate of drug-likeness (QED) is 0.735. The first-order valence-electron chi connectivity index (χ1n) is 8.78. The third-order valence-electron chi connectivity index (χ3n) is 2.21. The highest BCUT2D eigenvalue weighted by molar-refractivity contribution is 6.37. The van der Waals surface area contributed by atoms with E-state index in [-0.39, 0.29) is 0 Å². The van der Waals surface area contributed by atoms with Gasteiger partial charge in [0.25, 0.3) is 5.91 Å². The molecule has 0 aromatic heterocycles. The number of rotatable bonds is 5. The van der Waals surface area contributed by atoms with E-state index in [1.54, 1.807) is 20.8 Å². The number of carbonyl (C=O) groups is 3. The molecule has 0 bridgehead atoms. The van der Waals surface area contributed by atoms with Gasteiger partial charge in [-0.1, -0.05) is 19.1 Å². The van der Waals surface area contributed by atoms with Crippen LogP contribution in [-0.4, -0.2) is 29.4 Å². The average Bonchev–Trinajstić information content (AvgIpc) is 2.38. The highest BCUT2D eigenvalue weighted by atomic mass is 16.6. The van der Waals surface area contributed by atoms with Gasteiger partial charge < -0.3 is 15.8 Å². The normalized spacial score (nSPS) is 29.8. The molecule has 6 heteroatoms. The number of Topliss-reactive ketones (excluding diaryl/α,β-unsaturated/α-hetero) is 1. The van der Waals surface area contributed by atoms with Crippen molar-refractivity contribution in [2.24, 2.45) is 11.7 Å². The summed E-state index contributed by atoms with van der Waals surface area (Å²) >= 11 is 0. The first kappa shape index (κ1) is 8.55. The van der Waals surface area contributed by atoms with Gasteiger partial charge in [0, 0.05) is 8.22 Å². The fourth-order valence-corrected chi connectivity index (χ4v) is 1.38. The summed E-state index contributed by atoms with van der Waals surface area (Å²) in [6, 6.07) is -1.63. The molecule has 0 heterocycles. The molecule has 19 heavy (non-hydrogen) atoms. The van der Waals surface area contributed by atoms with Crippen LogP contribution < -0.4 is 11.1 Å². The first-order valence-corrected chi connectivity index (χ1v) is 5.78. The number of carbonyl (C=O) groups excluding carboxylic acids is 3. The molecule has 1 aliphatic carbocycles. The highest BCUT2D eigenvalue weighted by Crippen LogP contribution is 2.30. The number of primary amides is 1. The van der Waals surface area contributed by atoms with Crippen LogP contribution in [0.25, 0.3) is 0 Å². The van der Waals surface area contributed by atoms with Crippen LogP contribution in [0.15, 0.2) is 0 Å². The summed E-state index contributed by atoms with van der Waals surface area (Å²) in [7, 11) is 0. The van der Waals surface area contributed by atoms with Crippen molar-refractivity contribution in [1.29, 1.82) is 0 Å². The zero-order chi connectivity index (χ0) is 20.0.